The molecule has 5 rings (SSSR count). The molecule has 9 heteroatoms. The lowest BCUT2D eigenvalue weighted by molar-refractivity contribution is -0.137. The number of nitrogens with zero attached hydrogens (tertiary/aromatic N) is 5. The summed E-state index contributed by atoms with van der Waals surface area (Å²) in [6.45, 7) is 2.00. The summed E-state index contributed by atoms with van der Waals surface area (Å²) in [6.07, 6.45) is 0.474. The van der Waals surface area contributed by atoms with E-state index in [2.05, 4.69) is 25.3 Å². The predicted molar refractivity (Wildman–Crippen MR) is 123 cm³/mol. The van der Waals surface area contributed by atoms with Gasteiger partial charge in [-0.25, -0.2) is 19.9 Å². The number of imidazole rings is 1. The van der Waals surface area contributed by atoms with Crippen LogP contribution in [0.4, 0.5) is 19.1 Å². The van der Waals surface area contributed by atoms with Crippen LogP contribution in [0.3, 0.4) is 0 Å². The Hall–Kier alpha value is -4.27. The molecule has 1 atom stereocenters. The lowest BCUT2D eigenvalue weighted by Crippen LogP contribution is -2.09. The first kappa shape index (κ1) is 21.6. The van der Waals surface area contributed by atoms with E-state index in [4.69, 9.17) is 0 Å². The van der Waals surface area contributed by atoms with Crippen LogP contribution < -0.4 is 5.32 Å². The van der Waals surface area contributed by atoms with Crippen LogP contribution in [-0.2, 0) is 6.18 Å². The van der Waals surface area contributed by atoms with Crippen molar-refractivity contribution in [1.29, 1.82) is 0 Å². The van der Waals surface area contributed by atoms with Crippen molar-refractivity contribution in [3.8, 4) is 22.6 Å². The van der Waals surface area contributed by atoms with Gasteiger partial charge in [0.15, 0.2) is 0 Å². The number of fused-ring (bicyclic) bond motifs is 1. The maximum atomic E-state index is 13.4. The van der Waals surface area contributed by atoms with Gasteiger partial charge in [-0.05, 0) is 36.8 Å². The van der Waals surface area contributed by atoms with Gasteiger partial charge in [0.1, 0.15) is 11.4 Å². The molecule has 0 amide bonds. The van der Waals surface area contributed by atoms with Crippen LogP contribution in [-0.4, -0.2) is 24.3 Å². The minimum absolute atomic E-state index is 0.0526. The molecular formula is C25H19F3N6. The number of benzene rings is 2. The fourth-order valence-electron chi connectivity index (χ4n) is 3.76. The van der Waals surface area contributed by atoms with Crippen molar-refractivity contribution >= 4 is 11.7 Å². The molecule has 3 heterocycles. The number of rotatable bonds is 5. The van der Waals surface area contributed by atoms with Gasteiger partial charge in [-0.1, -0.05) is 42.5 Å². The summed E-state index contributed by atoms with van der Waals surface area (Å²) in [7, 11) is 0. The molecule has 0 aliphatic heterocycles. The summed E-state index contributed by atoms with van der Waals surface area (Å²) in [5.74, 6) is 0.748. The average Bonchev–Trinajstić information content (AvgIpc) is 3.24. The summed E-state index contributed by atoms with van der Waals surface area (Å²) in [4.78, 5) is 17.8. The number of alkyl halides is 3. The molecule has 34 heavy (non-hydrogen) atoms. The minimum atomic E-state index is -4.47. The van der Waals surface area contributed by atoms with E-state index in [1.807, 2.05) is 37.3 Å². The van der Waals surface area contributed by atoms with E-state index in [1.54, 1.807) is 41.2 Å². The molecule has 0 saturated carbocycles. The van der Waals surface area contributed by atoms with Crippen molar-refractivity contribution in [2.24, 2.45) is 0 Å². The molecule has 3 aromatic heterocycles. The summed E-state index contributed by atoms with van der Waals surface area (Å²) in [5, 5.41) is 3.28. The van der Waals surface area contributed by atoms with E-state index in [9.17, 15) is 13.2 Å². The second kappa shape index (κ2) is 8.58. The fraction of sp³-hybridized carbons (Fsp3) is 0.120. The van der Waals surface area contributed by atoms with Crippen molar-refractivity contribution in [2.45, 2.75) is 19.1 Å². The van der Waals surface area contributed by atoms with E-state index >= 15 is 0 Å². The number of halogens is 3. The molecule has 170 valence electrons. The Morgan fingerprint density at radius 2 is 1.71 bits per heavy atom. The Balaban J connectivity index is 1.60. The van der Waals surface area contributed by atoms with Crippen LogP contribution in [0.1, 0.15) is 24.1 Å². The van der Waals surface area contributed by atoms with E-state index in [0.717, 1.165) is 17.7 Å². The number of aromatic nitrogens is 5. The Morgan fingerprint density at radius 1 is 0.882 bits per heavy atom. The van der Waals surface area contributed by atoms with Gasteiger partial charge < -0.3 is 5.32 Å². The van der Waals surface area contributed by atoms with Crippen LogP contribution in [0.25, 0.3) is 28.4 Å². The highest BCUT2D eigenvalue weighted by Gasteiger charge is 2.31. The summed E-state index contributed by atoms with van der Waals surface area (Å²) in [5.41, 5.74) is 2.03. The van der Waals surface area contributed by atoms with Crippen molar-refractivity contribution < 1.29 is 13.2 Å². The fourth-order valence-corrected chi connectivity index (χ4v) is 3.76. The van der Waals surface area contributed by atoms with Crippen molar-refractivity contribution in [3.05, 3.63) is 96.4 Å². The van der Waals surface area contributed by atoms with Gasteiger partial charge in [0.25, 0.3) is 0 Å². The number of hydrogen-bond acceptors (Lipinski definition) is 5. The van der Waals surface area contributed by atoms with E-state index < -0.39 is 11.7 Å². The molecule has 1 N–H and O–H groups in total. The monoisotopic (exact) mass is 460 g/mol. The molecule has 6 nitrogen and oxygen atoms in total. The first-order valence-corrected chi connectivity index (χ1v) is 10.6. The Kier molecular flexibility index (Phi) is 5.45. The lowest BCUT2D eigenvalue weighted by atomic mass is 10.0. The molecule has 2 aromatic carbocycles. The number of anilines is 1. The first-order chi connectivity index (χ1) is 16.4. The topological polar surface area (TPSA) is 68.0 Å². The zero-order chi connectivity index (χ0) is 23.7. The Bertz CT molecular complexity index is 1450. The molecule has 0 aliphatic rings. The summed E-state index contributed by atoms with van der Waals surface area (Å²) >= 11 is 0. The van der Waals surface area contributed by atoms with Gasteiger partial charge in [0.2, 0.25) is 11.7 Å². The van der Waals surface area contributed by atoms with Gasteiger partial charge in [0.05, 0.1) is 17.3 Å². The molecule has 0 radical (unpaired) electrons. The van der Waals surface area contributed by atoms with E-state index in [-0.39, 0.29) is 6.04 Å². The van der Waals surface area contributed by atoms with Crippen molar-refractivity contribution in [2.75, 3.05) is 5.32 Å². The standard InChI is InChI=1S/C25H19F3N6/c1-16(17-7-3-2-4-8-17)31-23-29-13-11-20(32-23)22-21(33-24-30-12-6-14-34(22)24)18-9-5-10-19(15-18)25(26,27)28/h2-16H,1H3,(H,29,31,32)/t16-/m1/s1. The van der Waals surface area contributed by atoms with Gasteiger partial charge in [-0.15, -0.1) is 0 Å². The van der Waals surface area contributed by atoms with Crippen LogP contribution in [0.15, 0.2) is 85.3 Å². The molecule has 0 spiro atoms. The summed E-state index contributed by atoms with van der Waals surface area (Å²) < 4.78 is 41.8. The second-order valence-electron chi connectivity index (χ2n) is 7.72. The first-order valence-electron chi connectivity index (χ1n) is 10.6. The van der Waals surface area contributed by atoms with Gasteiger partial charge in [0, 0.05) is 24.2 Å². The quantitative estimate of drug-likeness (QED) is 0.346. The van der Waals surface area contributed by atoms with Crippen LogP contribution in [0.5, 0.6) is 0 Å². The van der Waals surface area contributed by atoms with Gasteiger partial charge in [-0.2, -0.15) is 13.2 Å². The molecular weight excluding hydrogens is 441 g/mol. The van der Waals surface area contributed by atoms with E-state index in [0.29, 0.717) is 34.4 Å². The second-order valence-corrected chi connectivity index (χ2v) is 7.72. The predicted octanol–water partition coefficient (Wildman–Crippen LogP) is 6.05. The van der Waals surface area contributed by atoms with Gasteiger partial charge in [-0.3, -0.25) is 4.40 Å². The smallest absolute Gasteiger partial charge is 0.348 e. The highest BCUT2D eigenvalue weighted by molar-refractivity contribution is 5.80. The zero-order valence-corrected chi connectivity index (χ0v) is 18.0. The third-order valence-corrected chi connectivity index (χ3v) is 5.41. The third kappa shape index (κ3) is 4.19. The average molecular weight is 460 g/mol. The van der Waals surface area contributed by atoms with Crippen molar-refractivity contribution in [1.82, 2.24) is 24.3 Å². The highest BCUT2D eigenvalue weighted by Crippen LogP contribution is 2.36. The van der Waals surface area contributed by atoms with Crippen LogP contribution in [0, 0.1) is 0 Å². The SMILES string of the molecule is C[C@@H](Nc1nccc(-c2c(-c3cccc(C(F)(F)F)c3)nc3ncccn23)n1)c1ccccc1. The molecule has 0 saturated heterocycles. The minimum Gasteiger partial charge on any atom is -0.348 e. The molecule has 0 aliphatic carbocycles. The third-order valence-electron chi connectivity index (χ3n) is 5.41. The van der Waals surface area contributed by atoms with Gasteiger partial charge >= 0.3 is 6.18 Å². The molecule has 5 aromatic rings. The zero-order valence-electron chi connectivity index (χ0n) is 18.0. The van der Waals surface area contributed by atoms with Crippen LogP contribution >= 0.6 is 0 Å². The van der Waals surface area contributed by atoms with Crippen LogP contribution in [0.2, 0.25) is 0 Å². The summed E-state index contributed by atoms with van der Waals surface area (Å²) in [6, 6.07) is 18.3. The normalized spacial score (nSPS) is 12.6. The lowest BCUT2D eigenvalue weighted by Gasteiger charge is -2.15. The number of hydrogen-bond donors (Lipinski definition) is 1. The molecule has 0 bridgehead atoms. The highest BCUT2D eigenvalue weighted by atomic mass is 19.4. The maximum absolute atomic E-state index is 13.4. The maximum Gasteiger partial charge on any atom is 0.416 e. The molecule has 0 unspecified atom stereocenters. The molecule has 0 fully saturated rings. The number of nitrogens with one attached hydrogen (secondary N) is 1. The Labute approximate surface area is 193 Å². The largest absolute Gasteiger partial charge is 0.416 e. The van der Waals surface area contributed by atoms with Crippen molar-refractivity contribution in [3.63, 3.8) is 0 Å². The Morgan fingerprint density at radius 3 is 2.50 bits per heavy atom. The van der Waals surface area contributed by atoms with E-state index in [1.165, 1.54) is 6.07 Å².